The van der Waals surface area contributed by atoms with Gasteiger partial charge in [0.2, 0.25) is 5.91 Å². The van der Waals surface area contributed by atoms with Crippen LogP contribution in [0.3, 0.4) is 0 Å². The van der Waals surface area contributed by atoms with Crippen LogP contribution in [0.5, 0.6) is 0 Å². The van der Waals surface area contributed by atoms with Gasteiger partial charge in [0, 0.05) is 25.0 Å². The van der Waals surface area contributed by atoms with Gasteiger partial charge in [-0.2, -0.15) is 13.2 Å². The van der Waals surface area contributed by atoms with E-state index in [4.69, 9.17) is 5.11 Å². The summed E-state index contributed by atoms with van der Waals surface area (Å²) in [5, 5.41) is 12.2. The molecule has 2 N–H and O–H groups in total. The summed E-state index contributed by atoms with van der Waals surface area (Å²) >= 11 is 0. The zero-order valence-corrected chi connectivity index (χ0v) is 11.7. The fourth-order valence-electron chi connectivity index (χ4n) is 3.14. The highest BCUT2D eigenvalue weighted by Crippen LogP contribution is 2.46. The predicted molar refractivity (Wildman–Crippen MR) is 67.5 cm³/mol. The number of carbonyl (C=O) groups is 2. The molecule has 2 saturated heterocycles. The van der Waals surface area contributed by atoms with Gasteiger partial charge in [-0.15, -0.1) is 0 Å². The number of rotatable bonds is 2. The monoisotopic (exact) mass is 308 g/mol. The Balaban J connectivity index is 2.10. The molecule has 0 bridgehead atoms. The van der Waals surface area contributed by atoms with Gasteiger partial charge in [0.1, 0.15) is 0 Å². The molecule has 1 amide bonds. The highest BCUT2D eigenvalue weighted by Gasteiger charge is 2.64. The first-order valence-corrected chi connectivity index (χ1v) is 6.99. The third kappa shape index (κ3) is 2.86. The summed E-state index contributed by atoms with van der Waals surface area (Å²) in [4.78, 5) is 24.5. The van der Waals surface area contributed by atoms with Crippen LogP contribution in [0.15, 0.2) is 0 Å². The third-order valence-corrected chi connectivity index (χ3v) is 4.51. The number of amides is 1. The smallest absolute Gasteiger partial charge is 0.406 e. The van der Waals surface area contributed by atoms with E-state index in [-0.39, 0.29) is 24.4 Å². The maximum absolute atomic E-state index is 13.1. The van der Waals surface area contributed by atoms with Crippen molar-refractivity contribution in [3.63, 3.8) is 0 Å². The number of hydrogen-bond donors (Lipinski definition) is 2. The van der Waals surface area contributed by atoms with Gasteiger partial charge in [-0.25, -0.2) is 0 Å². The lowest BCUT2D eigenvalue weighted by Crippen LogP contribution is -2.49. The molecule has 0 saturated carbocycles. The average Bonchev–Trinajstić information content (AvgIpc) is 2.83. The van der Waals surface area contributed by atoms with Crippen molar-refractivity contribution in [2.75, 3.05) is 19.6 Å². The molecule has 0 aromatic heterocycles. The molecule has 5 nitrogen and oxygen atoms in total. The Bertz CT molecular complexity index is 441. The molecule has 0 radical (unpaired) electrons. The molecule has 0 aliphatic carbocycles. The summed E-state index contributed by atoms with van der Waals surface area (Å²) in [5.41, 5.74) is -2.82. The molecule has 3 atom stereocenters. The Kier molecular flexibility index (Phi) is 4.19. The number of halogens is 3. The van der Waals surface area contributed by atoms with Crippen molar-refractivity contribution >= 4 is 11.9 Å². The van der Waals surface area contributed by atoms with Crippen molar-refractivity contribution in [3.05, 3.63) is 0 Å². The van der Waals surface area contributed by atoms with Gasteiger partial charge in [0.15, 0.2) is 5.41 Å². The SMILES string of the molecule is CC1CC(C(=O)N2CCC(C(=O)O)(C(F)(F)F)C2)CCN1. The molecule has 2 aliphatic rings. The van der Waals surface area contributed by atoms with Crippen LogP contribution in [0.25, 0.3) is 0 Å². The van der Waals surface area contributed by atoms with Crippen molar-refractivity contribution < 1.29 is 27.9 Å². The lowest BCUT2D eigenvalue weighted by atomic mass is 9.86. The van der Waals surface area contributed by atoms with Gasteiger partial charge in [-0.1, -0.05) is 0 Å². The quantitative estimate of drug-likeness (QED) is 0.805. The highest BCUT2D eigenvalue weighted by molar-refractivity contribution is 5.82. The normalized spacial score (nSPS) is 34.0. The summed E-state index contributed by atoms with van der Waals surface area (Å²) in [5.74, 6) is -2.57. The molecule has 0 aromatic rings. The van der Waals surface area contributed by atoms with Gasteiger partial charge < -0.3 is 15.3 Å². The maximum Gasteiger partial charge on any atom is 0.406 e. The number of aliphatic carboxylic acids is 1. The molecule has 0 spiro atoms. The van der Waals surface area contributed by atoms with Crippen LogP contribution in [0.1, 0.15) is 26.2 Å². The minimum absolute atomic E-state index is 0.141. The van der Waals surface area contributed by atoms with E-state index in [1.54, 1.807) is 0 Å². The molecule has 2 aliphatic heterocycles. The van der Waals surface area contributed by atoms with Gasteiger partial charge >= 0.3 is 12.1 Å². The van der Waals surface area contributed by atoms with Crippen LogP contribution in [0.4, 0.5) is 13.2 Å². The van der Waals surface area contributed by atoms with Crippen LogP contribution < -0.4 is 5.32 Å². The number of nitrogens with zero attached hydrogens (tertiary/aromatic N) is 1. The Hall–Kier alpha value is -1.31. The third-order valence-electron chi connectivity index (χ3n) is 4.51. The number of piperidine rings is 1. The minimum Gasteiger partial charge on any atom is -0.481 e. The predicted octanol–water partition coefficient (Wildman–Crippen LogP) is 1.24. The second-order valence-electron chi connectivity index (χ2n) is 5.97. The molecule has 3 unspecified atom stereocenters. The molecular weight excluding hydrogens is 289 g/mol. The van der Waals surface area contributed by atoms with E-state index >= 15 is 0 Å². The molecule has 120 valence electrons. The zero-order chi connectivity index (χ0) is 15.8. The molecule has 8 heteroatoms. The number of likely N-dealkylation sites (tertiary alicyclic amines) is 1. The highest BCUT2D eigenvalue weighted by atomic mass is 19.4. The maximum atomic E-state index is 13.1. The van der Waals surface area contributed by atoms with E-state index in [0.717, 1.165) is 4.90 Å². The first-order valence-electron chi connectivity index (χ1n) is 6.99. The Morgan fingerprint density at radius 2 is 2.05 bits per heavy atom. The summed E-state index contributed by atoms with van der Waals surface area (Å²) < 4.78 is 39.2. The van der Waals surface area contributed by atoms with Crippen molar-refractivity contribution in [1.29, 1.82) is 0 Å². The van der Waals surface area contributed by atoms with Crippen LogP contribution in [-0.2, 0) is 9.59 Å². The second-order valence-corrected chi connectivity index (χ2v) is 5.97. The van der Waals surface area contributed by atoms with Gasteiger partial charge in [-0.3, -0.25) is 9.59 Å². The molecule has 2 rings (SSSR count). The number of carbonyl (C=O) groups excluding carboxylic acids is 1. The number of alkyl halides is 3. The first kappa shape index (κ1) is 16.1. The summed E-state index contributed by atoms with van der Waals surface area (Å²) in [6, 6.07) is 0.141. The molecule has 2 heterocycles. The molecule has 21 heavy (non-hydrogen) atoms. The lowest BCUT2D eigenvalue weighted by Gasteiger charge is -2.31. The van der Waals surface area contributed by atoms with Crippen LogP contribution in [-0.4, -0.2) is 53.7 Å². The Morgan fingerprint density at radius 1 is 1.38 bits per heavy atom. The topological polar surface area (TPSA) is 69.6 Å². The van der Waals surface area contributed by atoms with E-state index < -0.39 is 30.5 Å². The summed E-state index contributed by atoms with van der Waals surface area (Å²) in [6.07, 6.45) is -4.28. The van der Waals surface area contributed by atoms with Crippen molar-refractivity contribution in [1.82, 2.24) is 10.2 Å². The Labute approximate surface area is 120 Å². The lowest BCUT2D eigenvalue weighted by molar-refractivity contribution is -0.227. The average molecular weight is 308 g/mol. The van der Waals surface area contributed by atoms with Crippen LogP contribution >= 0.6 is 0 Å². The first-order chi connectivity index (χ1) is 9.67. The van der Waals surface area contributed by atoms with Gasteiger partial charge in [0.25, 0.3) is 0 Å². The van der Waals surface area contributed by atoms with E-state index in [1.165, 1.54) is 0 Å². The summed E-state index contributed by atoms with van der Waals surface area (Å²) in [6.45, 7) is 1.64. The van der Waals surface area contributed by atoms with Gasteiger partial charge in [-0.05, 0) is 32.7 Å². The number of carboxylic acids is 1. The van der Waals surface area contributed by atoms with E-state index in [0.29, 0.717) is 19.4 Å². The molecular formula is C13H19F3N2O3. The van der Waals surface area contributed by atoms with E-state index in [9.17, 15) is 22.8 Å². The van der Waals surface area contributed by atoms with Gasteiger partial charge in [0.05, 0.1) is 0 Å². The number of nitrogens with one attached hydrogen (secondary N) is 1. The van der Waals surface area contributed by atoms with Crippen molar-refractivity contribution in [2.45, 2.75) is 38.4 Å². The van der Waals surface area contributed by atoms with Crippen LogP contribution in [0, 0.1) is 11.3 Å². The van der Waals surface area contributed by atoms with Crippen molar-refractivity contribution in [2.24, 2.45) is 11.3 Å². The van der Waals surface area contributed by atoms with E-state index in [1.807, 2.05) is 6.92 Å². The van der Waals surface area contributed by atoms with Crippen LogP contribution in [0.2, 0.25) is 0 Å². The number of hydrogen-bond acceptors (Lipinski definition) is 3. The largest absolute Gasteiger partial charge is 0.481 e. The van der Waals surface area contributed by atoms with Crippen molar-refractivity contribution in [3.8, 4) is 0 Å². The Morgan fingerprint density at radius 3 is 2.52 bits per heavy atom. The molecule has 0 aromatic carbocycles. The minimum atomic E-state index is -4.85. The number of carboxylic acid groups (broad SMARTS) is 1. The molecule has 2 fully saturated rings. The summed E-state index contributed by atoms with van der Waals surface area (Å²) in [7, 11) is 0. The second kappa shape index (κ2) is 5.47. The standard InChI is InChI=1S/C13H19F3N2O3/c1-8-6-9(2-4-17-8)10(19)18-5-3-12(7-18,11(20)21)13(14,15)16/h8-9,17H,2-7H2,1H3,(H,20,21). The fourth-order valence-corrected chi connectivity index (χ4v) is 3.14. The zero-order valence-electron chi connectivity index (χ0n) is 11.7. The fraction of sp³-hybridized carbons (Fsp3) is 0.846. The van der Waals surface area contributed by atoms with E-state index in [2.05, 4.69) is 5.32 Å².